The van der Waals surface area contributed by atoms with Gasteiger partial charge < -0.3 is 5.11 Å². The summed E-state index contributed by atoms with van der Waals surface area (Å²) in [5.41, 5.74) is 3.65. The van der Waals surface area contributed by atoms with E-state index in [9.17, 15) is 9.59 Å². The third kappa shape index (κ3) is 4.53. The maximum absolute atomic E-state index is 13.0. The number of nitrogens with zero attached hydrogens (tertiary/aromatic N) is 2. The van der Waals surface area contributed by atoms with Crippen LogP contribution in [0.2, 0.25) is 10.0 Å². The molecular formula is C24H22Cl2N2O3. The first kappa shape index (κ1) is 21.6. The molecule has 2 aromatic rings. The SMILES string of the molecule is O=C(O)CCC(=O)N1N=C2/C(=C\c3ccccc3Cl)CCCC2C1c1ccccc1Cl. The highest BCUT2D eigenvalue weighted by Gasteiger charge is 2.44. The molecule has 1 fully saturated rings. The maximum Gasteiger partial charge on any atom is 0.303 e. The third-order valence-electron chi connectivity index (χ3n) is 5.77. The van der Waals surface area contributed by atoms with Gasteiger partial charge >= 0.3 is 5.97 Å². The van der Waals surface area contributed by atoms with Gasteiger partial charge in [0.1, 0.15) is 0 Å². The minimum atomic E-state index is -1.01. The molecule has 0 radical (unpaired) electrons. The van der Waals surface area contributed by atoms with E-state index in [0.717, 1.165) is 41.7 Å². The van der Waals surface area contributed by atoms with E-state index in [1.807, 2.05) is 48.5 Å². The number of carbonyl (C=O) groups is 2. The topological polar surface area (TPSA) is 70.0 Å². The van der Waals surface area contributed by atoms with Gasteiger partial charge in [-0.3, -0.25) is 9.59 Å². The van der Waals surface area contributed by atoms with E-state index < -0.39 is 5.97 Å². The van der Waals surface area contributed by atoms with Crippen LogP contribution >= 0.6 is 23.2 Å². The number of halogens is 2. The van der Waals surface area contributed by atoms with E-state index in [1.165, 1.54) is 5.01 Å². The molecule has 160 valence electrons. The lowest BCUT2D eigenvalue weighted by Crippen LogP contribution is -2.32. The lowest BCUT2D eigenvalue weighted by atomic mass is 9.77. The van der Waals surface area contributed by atoms with Crippen LogP contribution in [0.15, 0.2) is 59.2 Å². The van der Waals surface area contributed by atoms with Crippen molar-refractivity contribution in [3.8, 4) is 0 Å². The second kappa shape index (κ2) is 9.25. The number of amides is 1. The molecule has 4 rings (SSSR count). The van der Waals surface area contributed by atoms with Crippen molar-refractivity contribution in [1.29, 1.82) is 0 Å². The van der Waals surface area contributed by atoms with Crippen molar-refractivity contribution in [1.82, 2.24) is 5.01 Å². The Kier molecular flexibility index (Phi) is 6.44. The minimum absolute atomic E-state index is 0.00355. The van der Waals surface area contributed by atoms with Gasteiger partial charge in [-0.15, -0.1) is 0 Å². The highest BCUT2D eigenvalue weighted by Crippen LogP contribution is 2.46. The fourth-order valence-electron chi connectivity index (χ4n) is 4.34. The molecule has 5 nitrogen and oxygen atoms in total. The fourth-order valence-corrected chi connectivity index (χ4v) is 4.78. The van der Waals surface area contributed by atoms with Crippen molar-refractivity contribution in [3.05, 3.63) is 75.3 Å². The van der Waals surface area contributed by atoms with Gasteiger partial charge in [-0.25, -0.2) is 5.01 Å². The van der Waals surface area contributed by atoms with Crippen LogP contribution < -0.4 is 0 Å². The quantitative estimate of drug-likeness (QED) is 0.601. The predicted octanol–water partition coefficient (Wildman–Crippen LogP) is 5.98. The van der Waals surface area contributed by atoms with Gasteiger partial charge in [-0.2, -0.15) is 5.10 Å². The van der Waals surface area contributed by atoms with Crippen molar-refractivity contribution in [2.45, 2.75) is 38.1 Å². The molecule has 31 heavy (non-hydrogen) atoms. The number of carbonyl (C=O) groups excluding carboxylic acids is 1. The predicted molar refractivity (Wildman–Crippen MR) is 122 cm³/mol. The lowest BCUT2D eigenvalue weighted by Gasteiger charge is -2.30. The largest absolute Gasteiger partial charge is 0.481 e. The zero-order valence-electron chi connectivity index (χ0n) is 16.8. The summed E-state index contributed by atoms with van der Waals surface area (Å²) >= 11 is 12.9. The molecule has 0 aromatic heterocycles. The van der Waals surface area contributed by atoms with E-state index in [2.05, 4.69) is 0 Å². The summed E-state index contributed by atoms with van der Waals surface area (Å²) in [6.45, 7) is 0. The first-order valence-corrected chi connectivity index (χ1v) is 11.0. The number of hydrogen-bond acceptors (Lipinski definition) is 3. The molecule has 0 spiro atoms. The highest BCUT2D eigenvalue weighted by atomic mass is 35.5. The molecule has 7 heteroatoms. The second-order valence-corrected chi connectivity index (χ2v) is 8.59. The van der Waals surface area contributed by atoms with Crippen molar-refractivity contribution < 1.29 is 14.7 Å². The second-order valence-electron chi connectivity index (χ2n) is 7.77. The Balaban J connectivity index is 1.75. The number of aliphatic carboxylic acids is 1. The molecule has 2 atom stereocenters. The monoisotopic (exact) mass is 456 g/mol. The van der Waals surface area contributed by atoms with Crippen molar-refractivity contribution >= 4 is 46.9 Å². The number of allylic oxidation sites excluding steroid dienone is 1. The van der Waals surface area contributed by atoms with Crippen LogP contribution in [0, 0.1) is 5.92 Å². The summed E-state index contributed by atoms with van der Waals surface area (Å²) in [7, 11) is 0. The number of carboxylic acid groups (broad SMARTS) is 1. The summed E-state index contributed by atoms with van der Waals surface area (Å²) in [5, 5.41) is 16.4. The molecule has 2 aromatic carbocycles. The molecule has 0 saturated heterocycles. The van der Waals surface area contributed by atoms with Gasteiger partial charge in [-0.05, 0) is 54.2 Å². The zero-order valence-corrected chi connectivity index (χ0v) is 18.3. The van der Waals surface area contributed by atoms with Gasteiger partial charge in [-0.1, -0.05) is 59.6 Å². The van der Waals surface area contributed by atoms with Crippen LogP contribution in [0.25, 0.3) is 6.08 Å². The van der Waals surface area contributed by atoms with Crippen molar-refractivity contribution in [2.24, 2.45) is 11.0 Å². The van der Waals surface area contributed by atoms with Crippen LogP contribution in [-0.4, -0.2) is 27.7 Å². The van der Waals surface area contributed by atoms with Crippen LogP contribution in [0.5, 0.6) is 0 Å². The molecule has 1 heterocycles. The summed E-state index contributed by atoms with van der Waals surface area (Å²) in [4.78, 5) is 24.0. The fraction of sp³-hybridized carbons (Fsp3) is 0.292. The Hall–Kier alpha value is -2.63. The number of benzene rings is 2. The van der Waals surface area contributed by atoms with Crippen molar-refractivity contribution in [3.63, 3.8) is 0 Å². The smallest absolute Gasteiger partial charge is 0.303 e. The Labute approximate surface area is 191 Å². The summed E-state index contributed by atoms with van der Waals surface area (Å²) in [5.74, 6) is -1.33. The Morgan fingerprint density at radius 1 is 1.06 bits per heavy atom. The first-order valence-electron chi connectivity index (χ1n) is 10.3. The van der Waals surface area contributed by atoms with Crippen LogP contribution in [0.4, 0.5) is 0 Å². The molecule has 2 aliphatic rings. The number of carboxylic acids is 1. The molecule has 2 unspecified atom stereocenters. The minimum Gasteiger partial charge on any atom is -0.481 e. The molecule has 1 amide bonds. The zero-order chi connectivity index (χ0) is 22.0. The van der Waals surface area contributed by atoms with E-state index in [4.69, 9.17) is 33.4 Å². The van der Waals surface area contributed by atoms with Gasteiger partial charge in [0.05, 0.1) is 18.2 Å². The average molecular weight is 457 g/mol. The van der Waals surface area contributed by atoms with Gasteiger partial charge in [0.25, 0.3) is 0 Å². The number of hydrogen-bond donors (Lipinski definition) is 1. The molecule has 1 aliphatic carbocycles. The van der Waals surface area contributed by atoms with Crippen LogP contribution in [-0.2, 0) is 9.59 Å². The van der Waals surface area contributed by atoms with Gasteiger partial charge in [0.15, 0.2) is 0 Å². The average Bonchev–Trinajstić information content (AvgIpc) is 3.14. The van der Waals surface area contributed by atoms with E-state index >= 15 is 0 Å². The van der Waals surface area contributed by atoms with E-state index in [-0.39, 0.29) is 30.7 Å². The number of fused-ring (bicyclic) bond motifs is 1. The Morgan fingerprint density at radius 3 is 2.48 bits per heavy atom. The Bertz CT molecular complexity index is 1080. The summed E-state index contributed by atoms with van der Waals surface area (Å²) in [6.07, 6.45) is 4.37. The third-order valence-corrected chi connectivity index (χ3v) is 6.46. The van der Waals surface area contributed by atoms with E-state index in [0.29, 0.717) is 10.0 Å². The number of hydrazone groups is 1. The molecule has 1 saturated carbocycles. The maximum atomic E-state index is 13.0. The van der Waals surface area contributed by atoms with Crippen LogP contribution in [0.3, 0.4) is 0 Å². The number of rotatable bonds is 5. The molecule has 1 aliphatic heterocycles. The summed E-state index contributed by atoms with van der Waals surface area (Å²) < 4.78 is 0. The van der Waals surface area contributed by atoms with E-state index in [1.54, 1.807) is 6.07 Å². The normalized spacial score (nSPS) is 21.7. The highest BCUT2D eigenvalue weighted by molar-refractivity contribution is 6.32. The molecule has 0 bridgehead atoms. The van der Waals surface area contributed by atoms with Crippen LogP contribution in [0.1, 0.15) is 49.3 Å². The van der Waals surface area contributed by atoms with Crippen molar-refractivity contribution in [2.75, 3.05) is 0 Å². The summed E-state index contributed by atoms with van der Waals surface area (Å²) in [6, 6.07) is 14.7. The lowest BCUT2D eigenvalue weighted by molar-refractivity contribution is -0.141. The first-order chi connectivity index (χ1) is 15.0. The molecular weight excluding hydrogens is 435 g/mol. The van der Waals surface area contributed by atoms with Gasteiger partial charge in [0.2, 0.25) is 5.91 Å². The van der Waals surface area contributed by atoms with Gasteiger partial charge in [0, 0.05) is 22.4 Å². The standard InChI is InChI=1S/C24H22Cl2N2O3/c25-19-10-3-1-6-15(19)14-16-7-5-9-18-23(16)27-28(21(29)12-13-22(30)31)24(18)17-8-2-4-11-20(17)26/h1-4,6,8,10-11,14,18,24H,5,7,9,12-13H2,(H,30,31)/b16-14-. The Morgan fingerprint density at radius 2 is 1.77 bits per heavy atom. The molecule has 1 N–H and O–H groups in total.